The quantitative estimate of drug-likeness (QED) is 0.303. The first-order valence-electron chi connectivity index (χ1n) is 15.0. The highest BCUT2D eigenvalue weighted by Crippen LogP contribution is 2.65. The summed E-state index contributed by atoms with van der Waals surface area (Å²) in [5, 5.41) is 8.68. The minimum atomic E-state index is -1.09. The van der Waals surface area contributed by atoms with Gasteiger partial charge in [0.1, 0.15) is 12.1 Å². The highest BCUT2D eigenvalue weighted by molar-refractivity contribution is 6.37. The van der Waals surface area contributed by atoms with E-state index in [1.807, 2.05) is 44.2 Å². The third kappa shape index (κ3) is 6.57. The van der Waals surface area contributed by atoms with Gasteiger partial charge in [0.05, 0.1) is 12.1 Å². The van der Waals surface area contributed by atoms with Crippen molar-refractivity contribution < 1.29 is 24.0 Å². The Morgan fingerprint density at radius 2 is 1.66 bits per heavy atom. The maximum absolute atomic E-state index is 14.2. The topological polar surface area (TPSA) is 151 Å². The summed E-state index contributed by atoms with van der Waals surface area (Å²) in [7, 11) is 0. The van der Waals surface area contributed by atoms with Crippen LogP contribution in [0, 0.1) is 23.2 Å². The molecule has 1 saturated heterocycles. The molecule has 10 nitrogen and oxygen atoms in total. The number of hydrogen-bond acceptors (Lipinski definition) is 5. The molecule has 0 radical (unpaired) electrons. The lowest BCUT2D eigenvalue weighted by Crippen LogP contribution is -2.60. The molecule has 0 aromatic heterocycles. The average Bonchev–Trinajstić information content (AvgIpc) is 3.27. The minimum Gasteiger partial charge on any atom is -0.363 e. The van der Waals surface area contributed by atoms with Crippen LogP contribution in [0.15, 0.2) is 30.3 Å². The van der Waals surface area contributed by atoms with E-state index in [0.29, 0.717) is 13.0 Å². The number of nitrogens with zero attached hydrogens (tertiary/aromatic N) is 1. The molecule has 0 bridgehead atoms. The van der Waals surface area contributed by atoms with Crippen molar-refractivity contribution in [3.8, 4) is 0 Å². The summed E-state index contributed by atoms with van der Waals surface area (Å²) in [6, 6.07) is 6.34. The number of primary amides is 1. The summed E-state index contributed by atoms with van der Waals surface area (Å²) in [6.45, 7) is 8.31. The lowest BCUT2D eigenvalue weighted by atomic mass is 9.83. The number of carbonyl (C=O) groups is 5. The number of hydrogen-bond donors (Lipinski definition) is 4. The molecule has 3 unspecified atom stereocenters. The van der Waals surface area contributed by atoms with Crippen molar-refractivity contribution in [3.05, 3.63) is 35.9 Å². The van der Waals surface area contributed by atoms with Crippen molar-refractivity contribution >= 4 is 29.5 Å². The second-order valence-corrected chi connectivity index (χ2v) is 12.6. The van der Waals surface area contributed by atoms with E-state index in [0.717, 1.165) is 37.7 Å². The molecule has 1 aromatic rings. The van der Waals surface area contributed by atoms with Crippen molar-refractivity contribution in [1.82, 2.24) is 20.9 Å². The number of benzene rings is 1. The molecule has 4 rings (SSSR count). The SMILES string of the molecule is CCCC(NC(=O)[C@@H]1C2C(CN1C(=O)[C@@H](NC(=O)N[C@H](C)c1ccccc1)C1CCCCC1)C2(C)C)C(=O)C(N)=O. The Labute approximate surface area is 242 Å². The molecular formula is C31H45N5O5. The molecule has 1 aromatic carbocycles. The first kappa shape index (κ1) is 30.5. The van der Waals surface area contributed by atoms with E-state index in [4.69, 9.17) is 5.73 Å². The number of piperidine rings is 1. The number of ketones is 1. The normalized spacial score (nSPS) is 25.3. The number of rotatable bonds is 11. The zero-order chi connectivity index (χ0) is 29.9. The maximum Gasteiger partial charge on any atom is 0.315 e. The molecule has 1 aliphatic heterocycles. The fourth-order valence-electron chi connectivity index (χ4n) is 7.03. The smallest absolute Gasteiger partial charge is 0.315 e. The fourth-order valence-corrected chi connectivity index (χ4v) is 7.03. The van der Waals surface area contributed by atoms with Crippen molar-refractivity contribution in [1.29, 1.82) is 0 Å². The highest BCUT2D eigenvalue weighted by Gasteiger charge is 2.69. The largest absolute Gasteiger partial charge is 0.363 e. The van der Waals surface area contributed by atoms with E-state index in [1.54, 1.807) is 4.90 Å². The lowest BCUT2D eigenvalue weighted by Gasteiger charge is -2.37. The van der Waals surface area contributed by atoms with E-state index in [2.05, 4.69) is 29.8 Å². The van der Waals surface area contributed by atoms with Gasteiger partial charge < -0.3 is 26.6 Å². The van der Waals surface area contributed by atoms with Gasteiger partial charge in [-0.15, -0.1) is 0 Å². The van der Waals surface area contributed by atoms with Crippen LogP contribution in [0.2, 0.25) is 0 Å². The van der Waals surface area contributed by atoms with Crippen LogP contribution in [-0.4, -0.2) is 59.1 Å². The van der Waals surface area contributed by atoms with Gasteiger partial charge in [-0.2, -0.15) is 0 Å². The van der Waals surface area contributed by atoms with Crippen LogP contribution in [0.1, 0.15) is 84.2 Å². The standard InChI is InChI=1S/C31H45N5O5/c1-5-12-22(26(37)27(32)38)34-28(39)25-23-21(31(23,3)4)17-36(25)29(40)24(20-15-10-7-11-16-20)35-30(41)33-18(2)19-13-8-6-9-14-19/h6,8-9,13-14,18,20-25H,5,7,10-12,15-17H2,1-4H3,(H2,32,38)(H,34,39)(H2,33,35,41)/t18-,21?,22?,23?,24+,25+/m1/s1. The molecule has 5 amide bonds. The number of urea groups is 1. The van der Waals surface area contributed by atoms with Crippen LogP contribution in [0.4, 0.5) is 4.79 Å². The molecular weight excluding hydrogens is 522 g/mol. The second kappa shape index (κ2) is 12.6. The molecule has 1 heterocycles. The molecule has 41 heavy (non-hydrogen) atoms. The van der Waals surface area contributed by atoms with Crippen LogP contribution in [0.5, 0.6) is 0 Å². The van der Waals surface area contributed by atoms with Gasteiger partial charge >= 0.3 is 6.03 Å². The van der Waals surface area contributed by atoms with E-state index < -0.39 is 41.8 Å². The van der Waals surface area contributed by atoms with Gasteiger partial charge in [0.25, 0.3) is 5.91 Å². The van der Waals surface area contributed by atoms with Crippen LogP contribution >= 0.6 is 0 Å². The number of amides is 5. The number of fused-ring (bicyclic) bond motifs is 1. The van der Waals surface area contributed by atoms with Gasteiger partial charge in [-0.1, -0.05) is 76.8 Å². The molecule has 3 aliphatic rings. The number of carbonyl (C=O) groups excluding carboxylic acids is 5. The van der Waals surface area contributed by atoms with Crippen molar-refractivity contribution in [2.24, 2.45) is 28.9 Å². The summed E-state index contributed by atoms with van der Waals surface area (Å²) in [5.74, 6) is -2.62. The Kier molecular flexibility index (Phi) is 9.39. The maximum atomic E-state index is 14.2. The summed E-state index contributed by atoms with van der Waals surface area (Å²) in [6.07, 6.45) is 5.53. The van der Waals surface area contributed by atoms with Crippen LogP contribution in [-0.2, 0) is 19.2 Å². The number of Topliss-reactive ketones (excluding diaryl/α,β-unsaturated/α-hetero) is 1. The second-order valence-electron chi connectivity index (χ2n) is 12.6. The summed E-state index contributed by atoms with van der Waals surface area (Å²) in [5.41, 5.74) is 6.06. The number of nitrogens with one attached hydrogen (secondary N) is 3. The summed E-state index contributed by atoms with van der Waals surface area (Å²) in [4.78, 5) is 66.8. The Balaban J connectivity index is 1.54. The lowest BCUT2D eigenvalue weighted by molar-refractivity contribution is -0.144. The summed E-state index contributed by atoms with van der Waals surface area (Å²) >= 11 is 0. The predicted octanol–water partition coefficient (Wildman–Crippen LogP) is 2.82. The van der Waals surface area contributed by atoms with Gasteiger partial charge in [-0.05, 0) is 54.9 Å². The Hall–Kier alpha value is -3.43. The number of likely N-dealkylation sites (tertiary alicyclic amines) is 1. The molecule has 10 heteroatoms. The first-order valence-corrected chi connectivity index (χ1v) is 15.0. The van der Waals surface area contributed by atoms with E-state index in [9.17, 15) is 24.0 Å². The highest BCUT2D eigenvalue weighted by atomic mass is 16.2. The minimum absolute atomic E-state index is 0.0352. The average molecular weight is 568 g/mol. The van der Waals surface area contributed by atoms with Crippen LogP contribution in [0.3, 0.4) is 0 Å². The van der Waals surface area contributed by atoms with Gasteiger partial charge in [-0.25, -0.2) is 4.79 Å². The zero-order valence-corrected chi connectivity index (χ0v) is 24.7. The van der Waals surface area contributed by atoms with Crippen molar-refractivity contribution in [2.45, 2.75) is 96.8 Å². The van der Waals surface area contributed by atoms with Gasteiger partial charge in [-0.3, -0.25) is 19.2 Å². The zero-order valence-electron chi connectivity index (χ0n) is 24.7. The molecule has 2 aliphatic carbocycles. The van der Waals surface area contributed by atoms with Crippen molar-refractivity contribution in [3.63, 3.8) is 0 Å². The molecule has 5 N–H and O–H groups in total. The molecule has 224 valence electrons. The molecule has 2 saturated carbocycles. The van der Waals surface area contributed by atoms with Crippen LogP contribution < -0.4 is 21.7 Å². The van der Waals surface area contributed by atoms with Crippen LogP contribution in [0.25, 0.3) is 0 Å². The van der Waals surface area contributed by atoms with E-state index in [-0.39, 0.29) is 41.5 Å². The Morgan fingerprint density at radius 3 is 2.27 bits per heavy atom. The van der Waals surface area contributed by atoms with Crippen molar-refractivity contribution in [2.75, 3.05) is 6.54 Å². The fraction of sp³-hybridized carbons (Fsp3) is 0.645. The van der Waals surface area contributed by atoms with Gasteiger partial charge in [0.15, 0.2) is 0 Å². The summed E-state index contributed by atoms with van der Waals surface area (Å²) < 4.78 is 0. The third-order valence-corrected chi connectivity index (χ3v) is 9.53. The molecule has 3 fully saturated rings. The Bertz CT molecular complexity index is 1150. The molecule has 0 spiro atoms. The number of nitrogens with two attached hydrogens (primary N) is 1. The van der Waals surface area contributed by atoms with Gasteiger partial charge in [0.2, 0.25) is 17.6 Å². The predicted molar refractivity (Wildman–Crippen MR) is 154 cm³/mol. The van der Waals surface area contributed by atoms with Gasteiger partial charge in [0, 0.05) is 6.54 Å². The monoisotopic (exact) mass is 567 g/mol. The van der Waals surface area contributed by atoms with E-state index >= 15 is 0 Å². The molecule has 6 atom stereocenters. The van der Waals surface area contributed by atoms with E-state index in [1.165, 1.54) is 0 Å². The Morgan fingerprint density at radius 1 is 1.00 bits per heavy atom. The first-order chi connectivity index (χ1) is 19.5. The third-order valence-electron chi connectivity index (χ3n) is 9.53.